The maximum atomic E-state index is 13.2. The number of piperidine rings is 2. The van der Waals surface area contributed by atoms with E-state index < -0.39 is 27.9 Å². The van der Waals surface area contributed by atoms with Crippen molar-refractivity contribution in [3.8, 4) is 0 Å². The normalized spacial score (nSPS) is 18.9. The minimum absolute atomic E-state index is 0.0161. The van der Waals surface area contributed by atoms with E-state index in [1.54, 1.807) is 18.2 Å². The van der Waals surface area contributed by atoms with Crippen LogP contribution in [0.15, 0.2) is 35.2 Å². The number of aromatic nitrogens is 1. The van der Waals surface area contributed by atoms with Gasteiger partial charge < -0.3 is 20.6 Å². The van der Waals surface area contributed by atoms with Gasteiger partial charge in [0.25, 0.3) is 5.91 Å². The number of nitrogens with one attached hydrogen (secondary N) is 3. The third-order valence-corrected chi connectivity index (χ3v) is 9.96. The maximum absolute atomic E-state index is 13.2. The average Bonchev–Trinajstić information content (AvgIpc) is 3.38. The highest BCUT2D eigenvalue weighted by atomic mass is 32.2. The van der Waals surface area contributed by atoms with Gasteiger partial charge in [0, 0.05) is 18.5 Å². The number of rotatable bonds is 10. The zero-order chi connectivity index (χ0) is 27.3. The first-order chi connectivity index (χ1) is 18.2. The van der Waals surface area contributed by atoms with Crippen molar-refractivity contribution in [2.24, 2.45) is 0 Å². The summed E-state index contributed by atoms with van der Waals surface area (Å²) in [6, 6.07) is 6.66. The Morgan fingerprint density at radius 2 is 1.79 bits per heavy atom. The second kappa shape index (κ2) is 12.6. The van der Waals surface area contributed by atoms with Gasteiger partial charge in [-0.25, -0.2) is 13.4 Å². The van der Waals surface area contributed by atoms with Crippen LogP contribution < -0.4 is 15.4 Å². The SMILES string of the molecule is CC(C)c1nc(C2CCN(C3CCNCC3)CC2)sc1C(=O)NC[C@H](NS(=O)(=O)c1ccccc1)C(=O)O. The summed E-state index contributed by atoms with van der Waals surface area (Å²) < 4.78 is 27.4. The third-order valence-electron chi connectivity index (χ3n) is 7.24. The lowest BCUT2D eigenvalue weighted by molar-refractivity contribution is -0.138. The molecule has 208 valence electrons. The molecule has 38 heavy (non-hydrogen) atoms. The van der Waals surface area contributed by atoms with Crippen LogP contribution in [0.4, 0.5) is 0 Å². The Bertz CT molecular complexity index is 1200. The van der Waals surface area contributed by atoms with Crippen LogP contribution in [0.1, 0.15) is 71.7 Å². The van der Waals surface area contributed by atoms with Gasteiger partial charge in [-0.2, -0.15) is 4.72 Å². The molecule has 4 N–H and O–H groups in total. The smallest absolute Gasteiger partial charge is 0.323 e. The Hall–Kier alpha value is -2.38. The number of carboxylic acids is 1. The summed E-state index contributed by atoms with van der Waals surface area (Å²) >= 11 is 1.37. The van der Waals surface area contributed by atoms with Gasteiger partial charge in [0.2, 0.25) is 10.0 Å². The Balaban J connectivity index is 1.40. The Kier molecular flexibility index (Phi) is 9.53. The number of carbonyl (C=O) groups excluding carboxylic acids is 1. The molecule has 0 radical (unpaired) electrons. The summed E-state index contributed by atoms with van der Waals surface area (Å²) in [4.78, 5) is 32.8. The minimum atomic E-state index is -4.06. The minimum Gasteiger partial charge on any atom is -0.480 e. The highest BCUT2D eigenvalue weighted by molar-refractivity contribution is 7.89. The predicted octanol–water partition coefficient (Wildman–Crippen LogP) is 2.36. The number of carboxylic acid groups (broad SMARTS) is 1. The zero-order valence-corrected chi connectivity index (χ0v) is 23.5. The van der Waals surface area contributed by atoms with Crippen LogP contribution in [0.2, 0.25) is 0 Å². The fourth-order valence-corrected chi connectivity index (χ4v) is 7.59. The molecule has 4 rings (SSSR count). The van der Waals surface area contributed by atoms with Crippen molar-refractivity contribution in [2.45, 2.75) is 68.3 Å². The molecule has 10 nitrogen and oxygen atoms in total. The summed E-state index contributed by atoms with van der Waals surface area (Å²) in [7, 11) is -4.06. The van der Waals surface area contributed by atoms with Gasteiger partial charge >= 0.3 is 5.97 Å². The number of sulfonamides is 1. The molecule has 12 heteroatoms. The first-order valence-electron chi connectivity index (χ1n) is 13.2. The van der Waals surface area contributed by atoms with Gasteiger partial charge in [0.1, 0.15) is 10.9 Å². The summed E-state index contributed by atoms with van der Waals surface area (Å²) in [6.07, 6.45) is 4.36. The van der Waals surface area contributed by atoms with Crippen molar-refractivity contribution in [2.75, 3.05) is 32.7 Å². The molecule has 1 atom stereocenters. The molecular weight excluding hydrogens is 526 g/mol. The molecule has 0 unspecified atom stereocenters. The number of hydrogen-bond acceptors (Lipinski definition) is 8. The number of thiazole rings is 1. The van der Waals surface area contributed by atoms with Crippen LogP contribution >= 0.6 is 11.3 Å². The molecule has 2 fully saturated rings. The molecule has 2 aliphatic rings. The van der Waals surface area contributed by atoms with Crippen LogP contribution in [0.5, 0.6) is 0 Å². The molecule has 1 aromatic heterocycles. The van der Waals surface area contributed by atoms with Crippen molar-refractivity contribution in [3.05, 3.63) is 45.9 Å². The van der Waals surface area contributed by atoms with Gasteiger partial charge in [0.05, 0.1) is 15.6 Å². The Morgan fingerprint density at radius 3 is 2.39 bits per heavy atom. The van der Waals surface area contributed by atoms with E-state index >= 15 is 0 Å². The predicted molar refractivity (Wildman–Crippen MR) is 146 cm³/mol. The quantitative estimate of drug-likeness (QED) is 0.345. The lowest BCUT2D eigenvalue weighted by atomic mass is 9.94. The summed E-state index contributed by atoms with van der Waals surface area (Å²) in [5.41, 5.74) is 0.694. The fraction of sp³-hybridized carbons (Fsp3) is 0.577. The number of hydrogen-bond donors (Lipinski definition) is 4. The molecule has 1 amide bonds. The zero-order valence-electron chi connectivity index (χ0n) is 21.9. The fourth-order valence-electron chi connectivity index (χ4n) is 5.07. The summed E-state index contributed by atoms with van der Waals surface area (Å²) in [6.45, 7) is 7.75. The van der Waals surface area contributed by atoms with Crippen LogP contribution in [-0.4, -0.2) is 80.1 Å². The molecule has 2 aromatic rings. The van der Waals surface area contributed by atoms with E-state index in [-0.39, 0.29) is 17.4 Å². The maximum Gasteiger partial charge on any atom is 0.323 e. The van der Waals surface area contributed by atoms with E-state index in [9.17, 15) is 23.1 Å². The van der Waals surface area contributed by atoms with Crippen LogP contribution in [-0.2, 0) is 14.8 Å². The van der Waals surface area contributed by atoms with Crippen LogP contribution in [0.25, 0.3) is 0 Å². The molecule has 1 aromatic carbocycles. The number of nitrogens with zero attached hydrogens (tertiary/aromatic N) is 2. The van der Waals surface area contributed by atoms with Gasteiger partial charge in [-0.1, -0.05) is 32.0 Å². The van der Waals surface area contributed by atoms with Gasteiger partial charge in [-0.15, -0.1) is 11.3 Å². The highest BCUT2D eigenvalue weighted by Gasteiger charge is 2.31. The molecular formula is C26H37N5O5S2. The first kappa shape index (κ1) is 28.6. The number of likely N-dealkylation sites (tertiary alicyclic amines) is 1. The van der Waals surface area contributed by atoms with Crippen molar-refractivity contribution in [3.63, 3.8) is 0 Å². The molecule has 2 aliphatic heterocycles. The van der Waals surface area contributed by atoms with Crippen molar-refractivity contribution in [1.29, 1.82) is 0 Å². The lowest BCUT2D eigenvalue weighted by Crippen LogP contribution is -2.48. The number of benzene rings is 1. The Labute approximate surface area is 228 Å². The summed E-state index contributed by atoms with van der Waals surface area (Å²) in [5.74, 6) is -1.50. The lowest BCUT2D eigenvalue weighted by Gasteiger charge is -2.39. The Morgan fingerprint density at radius 1 is 1.13 bits per heavy atom. The number of carbonyl (C=O) groups is 2. The van der Waals surface area contributed by atoms with Crippen molar-refractivity contribution < 1.29 is 23.1 Å². The van der Waals surface area contributed by atoms with Gasteiger partial charge in [-0.3, -0.25) is 9.59 Å². The first-order valence-corrected chi connectivity index (χ1v) is 15.5. The molecule has 0 aliphatic carbocycles. The monoisotopic (exact) mass is 563 g/mol. The second-order valence-electron chi connectivity index (χ2n) is 10.2. The van der Waals surface area contributed by atoms with Crippen LogP contribution in [0, 0.1) is 0 Å². The summed E-state index contributed by atoms with van der Waals surface area (Å²) in [5, 5.41) is 16.6. The molecule has 0 saturated carbocycles. The van der Waals surface area contributed by atoms with Crippen molar-refractivity contribution in [1.82, 2.24) is 25.2 Å². The van der Waals surface area contributed by atoms with Crippen molar-refractivity contribution >= 4 is 33.2 Å². The van der Waals surface area contributed by atoms with E-state index in [4.69, 9.17) is 4.98 Å². The van der Waals surface area contributed by atoms with Gasteiger partial charge in [0.15, 0.2) is 0 Å². The second-order valence-corrected chi connectivity index (χ2v) is 13.0. The topological polar surface area (TPSA) is 141 Å². The number of aliphatic carboxylic acids is 1. The van der Waals surface area contributed by atoms with Gasteiger partial charge in [-0.05, 0) is 69.9 Å². The number of amides is 1. The molecule has 2 saturated heterocycles. The average molecular weight is 564 g/mol. The van der Waals surface area contributed by atoms with Crippen LogP contribution in [0.3, 0.4) is 0 Å². The largest absolute Gasteiger partial charge is 0.480 e. The van der Waals surface area contributed by atoms with E-state index in [1.165, 1.54) is 36.3 Å². The standard InChI is InChI=1S/C26H37N5O5S2/c1-17(2)22-23(37-25(29-22)18-10-14-31(15-11-18)19-8-12-27-13-9-19)24(32)28-16-21(26(33)34)30-38(35,36)20-6-4-3-5-7-20/h3-7,17-19,21,27,30H,8-16H2,1-2H3,(H,28,32)(H,33,34)/t21-/m0/s1. The molecule has 3 heterocycles. The van der Waals surface area contributed by atoms with E-state index in [1.807, 2.05) is 13.8 Å². The molecule has 0 bridgehead atoms. The van der Waals surface area contributed by atoms with E-state index in [2.05, 4.69) is 20.3 Å². The third kappa shape index (κ3) is 6.97. The molecule has 0 spiro atoms. The van der Waals surface area contributed by atoms with E-state index in [0.717, 1.165) is 44.0 Å². The van der Waals surface area contributed by atoms with E-state index in [0.29, 0.717) is 22.5 Å². The highest BCUT2D eigenvalue weighted by Crippen LogP contribution is 2.35.